The molecule has 0 spiro atoms. The highest BCUT2D eigenvalue weighted by atomic mass is 16.5. The van der Waals surface area contributed by atoms with Crippen molar-refractivity contribution in [1.82, 2.24) is 9.97 Å². The van der Waals surface area contributed by atoms with Crippen LogP contribution in [0.3, 0.4) is 0 Å². The normalized spacial score (nSPS) is 10.7. The van der Waals surface area contributed by atoms with Crippen molar-refractivity contribution in [2.24, 2.45) is 0 Å². The van der Waals surface area contributed by atoms with Gasteiger partial charge in [-0.1, -0.05) is 43.7 Å². The topological polar surface area (TPSA) is 47.0 Å². The molecule has 3 aromatic rings. The molecule has 0 atom stereocenters. The van der Waals surface area contributed by atoms with Crippen LogP contribution >= 0.6 is 0 Å². The van der Waals surface area contributed by atoms with Crippen molar-refractivity contribution in [1.29, 1.82) is 0 Å². The van der Waals surface area contributed by atoms with Gasteiger partial charge >= 0.3 is 0 Å². The van der Waals surface area contributed by atoms with Gasteiger partial charge in [0.1, 0.15) is 24.5 Å². The second kappa shape index (κ2) is 8.29. The number of hydrogen-bond acceptors (Lipinski definition) is 4. The number of anilines is 1. The summed E-state index contributed by atoms with van der Waals surface area (Å²) in [6.07, 6.45) is 5.03. The number of rotatable bonds is 8. The van der Waals surface area contributed by atoms with E-state index in [2.05, 4.69) is 34.3 Å². The molecule has 3 rings (SSSR count). The Morgan fingerprint density at radius 1 is 1.00 bits per heavy atom. The smallest absolute Gasteiger partial charge is 0.137 e. The summed E-state index contributed by atoms with van der Waals surface area (Å²) in [5.41, 5.74) is 2.23. The third kappa shape index (κ3) is 4.02. The Balaban J connectivity index is 1.57. The minimum atomic E-state index is 0.599. The van der Waals surface area contributed by atoms with E-state index in [1.165, 1.54) is 18.4 Å². The molecular formula is C20H23N3O. The molecule has 1 aromatic heterocycles. The number of nitrogens with one attached hydrogen (secondary N) is 1. The number of hydrogen-bond donors (Lipinski definition) is 1. The average Bonchev–Trinajstić information content (AvgIpc) is 2.64. The fourth-order valence-electron chi connectivity index (χ4n) is 2.69. The Morgan fingerprint density at radius 3 is 2.75 bits per heavy atom. The lowest BCUT2D eigenvalue weighted by Crippen LogP contribution is -2.13. The fourth-order valence-corrected chi connectivity index (χ4v) is 2.69. The first-order valence-electron chi connectivity index (χ1n) is 8.53. The summed E-state index contributed by atoms with van der Waals surface area (Å²) in [4.78, 5) is 8.61. The van der Waals surface area contributed by atoms with E-state index in [0.717, 1.165) is 28.9 Å². The molecular weight excluding hydrogens is 298 g/mol. The molecule has 0 saturated carbocycles. The third-order valence-electron chi connectivity index (χ3n) is 3.97. The molecule has 0 fully saturated rings. The molecule has 0 saturated heterocycles. The first kappa shape index (κ1) is 16.2. The molecule has 0 unspecified atom stereocenters. The molecule has 1 heterocycles. The van der Waals surface area contributed by atoms with E-state index in [1.807, 2.05) is 36.4 Å². The van der Waals surface area contributed by atoms with E-state index in [1.54, 1.807) is 6.33 Å². The number of nitrogens with zero attached hydrogens (tertiary/aromatic N) is 2. The molecule has 0 aliphatic heterocycles. The number of aromatic nitrogens is 2. The van der Waals surface area contributed by atoms with Gasteiger partial charge in [-0.15, -0.1) is 0 Å². The van der Waals surface area contributed by atoms with Crippen LogP contribution in [0.2, 0.25) is 0 Å². The summed E-state index contributed by atoms with van der Waals surface area (Å²) in [5, 5.41) is 4.38. The van der Waals surface area contributed by atoms with E-state index in [0.29, 0.717) is 13.2 Å². The van der Waals surface area contributed by atoms with Crippen LogP contribution in [0, 0.1) is 0 Å². The van der Waals surface area contributed by atoms with E-state index >= 15 is 0 Å². The van der Waals surface area contributed by atoms with Gasteiger partial charge < -0.3 is 10.1 Å². The maximum atomic E-state index is 5.96. The van der Waals surface area contributed by atoms with Crippen molar-refractivity contribution < 1.29 is 4.74 Å². The first-order valence-corrected chi connectivity index (χ1v) is 8.53. The minimum absolute atomic E-state index is 0.599. The van der Waals surface area contributed by atoms with Crippen molar-refractivity contribution in [2.75, 3.05) is 18.5 Å². The van der Waals surface area contributed by atoms with E-state index in [4.69, 9.17) is 4.74 Å². The van der Waals surface area contributed by atoms with Gasteiger partial charge in [-0.3, -0.25) is 0 Å². The summed E-state index contributed by atoms with van der Waals surface area (Å²) in [5.74, 6) is 1.84. The van der Waals surface area contributed by atoms with Crippen molar-refractivity contribution in [3.8, 4) is 5.75 Å². The number of aryl methyl sites for hydroxylation is 1. The SMILES string of the molecule is CCCCc1ccccc1OCCNc1ncnc2ccccc12. The molecule has 24 heavy (non-hydrogen) atoms. The summed E-state index contributed by atoms with van der Waals surface area (Å²) >= 11 is 0. The number of fused-ring (bicyclic) bond motifs is 1. The van der Waals surface area contributed by atoms with Gasteiger partial charge in [-0.25, -0.2) is 9.97 Å². The number of benzene rings is 2. The molecule has 0 radical (unpaired) electrons. The standard InChI is InChI=1S/C20H23N3O/c1-2-3-8-16-9-4-7-12-19(16)24-14-13-21-20-17-10-5-6-11-18(17)22-15-23-20/h4-7,9-12,15H,2-3,8,13-14H2,1H3,(H,21,22,23). The van der Waals surface area contributed by atoms with E-state index in [-0.39, 0.29) is 0 Å². The van der Waals surface area contributed by atoms with Gasteiger partial charge in [0.05, 0.1) is 12.1 Å². The van der Waals surface area contributed by atoms with Crippen molar-refractivity contribution in [3.05, 3.63) is 60.4 Å². The molecule has 0 amide bonds. The Morgan fingerprint density at radius 2 is 1.83 bits per heavy atom. The van der Waals surface area contributed by atoms with E-state index in [9.17, 15) is 0 Å². The summed E-state index contributed by atoms with van der Waals surface area (Å²) in [6, 6.07) is 16.3. The average molecular weight is 321 g/mol. The largest absolute Gasteiger partial charge is 0.491 e. The van der Waals surface area contributed by atoms with Crippen LogP contribution in [-0.4, -0.2) is 23.1 Å². The molecule has 1 N–H and O–H groups in total. The zero-order valence-corrected chi connectivity index (χ0v) is 14.0. The lowest BCUT2D eigenvalue weighted by Gasteiger charge is -2.12. The Bertz CT molecular complexity index is 783. The molecule has 2 aromatic carbocycles. The number of para-hydroxylation sites is 2. The molecule has 124 valence electrons. The maximum Gasteiger partial charge on any atom is 0.137 e. The quantitative estimate of drug-likeness (QED) is 0.622. The second-order valence-corrected chi connectivity index (χ2v) is 5.73. The highest BCUT2D eigenvalue weighted by Crippen LogP contribution is 2.21. The first-order chi connectivity index (χ1) is 11.9. The van der Waals surface area contributed by atoms with Crippen molar-refractivity contribution in [2.45, 2.75) is 26.2 Å². The summed E-state index contributed by atoms with van der Waals surface area (Å²) in [7, 11) is 0. The maximum absolute atomic E-state index is 5.96. The predicted molar refractivity (Wildman–Crippen MR) is 98.6 cm³/mol. The molecule has 4 heteroatoms. The highest BCUT2D eigenvalue weighted by molar-refractivity contribution is 5.88. The third-order valence-corrected chi connectivity index (χ3v) is 3.97. The van der Waals surface area contributed by atoms with Gasteiger partial charge in [0.15, 0.2) is 0 Å². The molecule has 0 bridgehead atoms. The lowest BCUT2D eigenvalue weighted by molar-refractivity contribution is 0.329. The molecule has 0 aliphatic carbocycles. The number of ether oxygens (including phenoxy) is 1. The van der Waals surface area contributed by atoms with Gasteiger partial charge in [0.25, 0.3) is 0 Å². The predicted octanol–water partition coefficient (Wildman–Crippen LogP) is 4.46. The Labute approximate surface area is 142 Å². The van der Waals surface area contributed by atoms with Crippen LogP contribution in [0.15, 0.2) is 54.9 Å². The highest BCUT2D eigenvalue weighted by Gasteiger charge is 2.04. The van der Waals surface area contributed by atoms with Gasteiger partial charge in [-0.2, -0.15) is 0 Å². The van der Waals surface area contributed by atoms with Gasteiger partial charge in [0.2, 0.25) is 0 Å². The van der Waals surface area contributed by atoms with Crippen LogP contribution in [0.1, 0.15) is 25.3 Å². The van der Waals surface area contributed by atoms with Crippen LogP contribution in [0.4, 0.5) is 5.82 Å². The lowest BCUT2D eigenvalue weighted by atomic mass is 10.1. The van der Waals surface area contributed by atoms with Crippen LogP contribution in [0.25, 0.3) is 10.9 Å². The zero-order chi connectivity index (χ0) is 16.6. The van der Waals surface area contributed by atoms with Crippen LogP contribution in [-0.2, 0) is 6.42 Å². The zero-order valence-electron chi connectivity index (χ0n) is 14.0. The minimum Gasteiger partial charge on any atom is -0.491 e. The van der Waals surface area contributed by atoms with Crippen LogP contribution in [0.5, 0.6) is 5.75 Å². The van der Waals surface area contributed by atoms with Crippen LogP contribution < -0.4 is 10.1 Å². The summed E-state index contributed by atoms with van der Waals surface area (Å²) < 4.78 is 5.96. The van der Waals surface area contributed by atoms with Gasteiger partial charge in [0, 0.05) is 5.39 Å². The Kier molecular flexibility index (Phi) is 5.61. The molecule has 4 nitrogen and oxygen atoms in total. The van der Waals surface area contributed by atoms with Gasteiger partial charge in [-0.05, 0) is 36.6 Å². The number of unbranched alkanes of at least 4 members (excludes halogenated alkanes) is 1. The fraction of sp³-hybridized carbons (Fsp3) is 0.300. The Hall–Kier alpha value is -2.62. The van der Waals surface area contributed by atoms with Crippen molar-refractivity contribution >= 4 is 16.7 Å². The van der Waals surface area contributed by atoms with Crippen molar-refractivity contribution in [3.63, 3.8) is 0 Å². The monoisotopic (exact) mass is 321 g/mol. The van der Waals surface area contributed by atoms with E-state index < -0.39 is 0 Å². The molecule has 0 aliphatic rings. The second-order valence-electron chi connectivity index (χ2n) is 5.73. The summed E-state index contributed by atoms with van der Waals surface area (Å²) in [6.45, 7) is 3.50.